The Morgan fingerprint density at radius 1 is 1.37 bits per heavy atom. The first kappa shape index (κ1) is 20.8. The van der Waals surface area contributed by atoms with Crippen molar-refractivity contribution < 1.29 is 14.3 Å². The number of fused-ring (bicyclic) bond motifs is 1. The zero-order chi connectivity index (χ0) is 20.0. The van der Waals surface area contributed by atoms with E-state index in [1.165, 1.54) is 0 Å². The van der Waals surface area contributed by atoms with Gasteiger partial charge in [-0.15, -0.1) is 0 Å². The normalized spacial score (nSPS) is 13.3. The molecule has 2 rings (SSSR count). The second kappa shape index (κ2) is 8.90. The predicted molar refractivity (Wildman–Crippen MR) is 110 cm³/mol. The molecule has 0 aliphatic heterocycles. The van der Waals surface area contributed by atoms with Crippen molar-refractivity contribution in [1.82, 2.24) is 4.57 Å². The van der Waals surface area contributed by atoms with Gasteiger partial charge in [-0.3, -0.25) is 0 Å². The van der Waals surface area contributed by atoms with Crippen LogP contribution in [-0.2, 0) is 14.3 Å². The summed E-state index contributed by atoms with van der Waals surface area (Å²) in [6.45, 7) is 8.81. The molecule has 1 heterocycles. The molecule has 1 aromatic heterocycles. The van der Waals surface area contributed by atoms with Gasteiger partial charge in [0, 0.05) is 37.2 Å². The largest absolute Gasteiger partial charge is 0.462 e. The number of methoxy groups -OCH3 is 1. The van der Waals surface area contributed by atoms with Crippen molar-refractivity contribution in [1.29, 1.82) is 0 Å². The lowest BCUT2D eigenvalue weighted by molar-refractivity contribution is -0.138. The minimum absolute atomic E-state index is 0.0681. The van der Waals surface area contributed by atoms with Crippen LogP contribution < -0.4 is 0 Å². The minimum Gasteiger partial charge on any atom is -0.462 e. The summed E-state index contributed by atoms with van der Waals surface area (Å²) in [5, 5.41) is 4.46. The Bertz CT molecular complexity index is 892. The Morgan fingerprint density at radius 3 is 2.67 bits per heavy atom. The molecule has 2 aromatic rings. The van der Waals surface area contributed by atoms with Crippen molar-refractivity contribution in [2.75, 3.05) is 13.7 Å². The molecular formula is C19H26N4O3Si. The molecule has 8 heteroatoms. The van der Waals surface area contributed by atoms with Crippen molar-refractivity contribution in [2.45, 2.75) is 38.8 Å². The van der Waals surface area contributed by atoms with E-state index in [0.29, 0.717) is 0 Å². The van der Waals surface area contributed by atoms with E-state index >= 15 is 0 Å². The van der Waals surface area contributed by atoms with Crippen molar-refractivity contribution >= 4 is 31.0 Å². The van der Waals surface area contributed by atoms with Gasteiger partial charge in [-0.05, 0) is 30.6 Å². The summed E-state index contributed by atoms with van der Waals surface area (Å²) in [6, 6.07) is 8.83. The molecular weight excluding hydrogens is 360 g/mol. The van der Waals surface area contributed by atoms with Crippen molar-refractivity contribution in [2.24, 2.45) is 5.11 Å². The van der Waals surface area contributed by atoms with Gasteiger partial charge < -0.3 is 14.0 Å². The summed E-state index contributed by atoms with van der Waals surface area (Å²) in [4.78, 5) is 14.8. The van der Waals surface area contributed by atoms with Gasteiger partial charge in [0.25, 0.3) is 0 Å². The number of aromatic nitrogens is 1. The lowest BCUT2D eigenvalue weighted by atomic mass is 10.1. The molecule has 1 unspecified atom stereocenters. The molecule has 0 N–H and O–H groups in total. The molecule has 1 aromatic carbocycles. The molecule has 0 radical (unpaired) electrons. The minimum atomic E-state index is -1.38. The number of hydrogen-bond donors (Lipinski definition) is 0. The third kappa shape index (κ3) is 5.23. The van der Waals surface area contributed by atoms with Crippen LogP contribution in [0.2, 0.25) is 25.7 Å². The van der Waals surface area contributed by atoms with Gasteiger partial charge in [0.1, 0.15) is 11.9 Å². The van der Waals surface area contributed by atoms with E-state index in [-0.39, 0.29) is 18.5 Å². The van der Waals surface area contributed by atoms with E-state index in [0.717, 1.165) is 22.5 Å². The Kier molecular flexibility index (Phi) is 6.85. The second-order valence-electron chi connectivity index (χ2n) is 7.40. The molecule has 0 spiro atoms. The number of carbonyl (C=O) groups is 1. The average Bonchev–Trinajstić information content (AvgIpc) is 2.97. The summed E-state index contributed by atoms with van der Waals surface area (Å²) < 4.78 is 12.8. The standard InChI is InChI=1S/C19H26N4O3Si/c1-6-26-19(24)16(21-22-20)11-14-12-23(17-10-8-7-9-15(14)17)18(25-2)13-27(3,4)5/h7-12,18H,6,13H2,1-5H3/b16-11-. The van der Waals surface area contributed by atoms with Crippen LogP contribution in [0.1, 0.15) is 18.7 Å². The quantitative estimate of drug-likeness (QED) is 0.153. The molecule has 0 aliphatic carbocycles. The highest BCUT2D eigenvalue weighted by atomic mass is 28.3. The number of hydrogen-bond acceptors (Lipinski definition) is 4. The molecule has 0 amide bonds. The molecule has 27 heavy (non-hydrogen) atoms. The first-order valence-electron chi connectivity index (χ1n) is 8.87. The highest BCUT2D eigenvalue weighted by Crippen LogP contribution is 2.31. The third-order valence-electron chi connectivity index (χ3n) is 4.07. The summed E-state index contributed by atoms with van der Waals surface area (Å²) in [5.74, 6) is -0.641. The fraction of sp³-hybridized carbons (Fsp3) is 0.421. The van der Waals surface area contributed by atoms with Gasteiger partial charge in [0.2, 0.25) is 0 Å². The Labute approximate surface area is 160 Å². The van der Waals surface area contributed by atoms with E-state index in [4.69, 9.17) is 15.0 Å². The van der Waals surface area contributed by atoms with Gasteiger partial charge in [-0.1, -0.05) is 43.0 Å². The molecule has 0 saturated heterocycles. The molecule has 0 saturated carbocycles. The van der Waals surface area contributed by atoms with Crippen LogP contribution in [-0.4, -0.2) is 32.3 Å². The second-order valence-corrected chi connectivity index (χ2v) is 12.9. The fourth-order valence-corrected chi connectivity index (χ4v) is 4.34. The van der Waals surface area contributed by atoms with Crippen LogP contribution in [0.25, 0.3) is 27.4 Å². The summed E-state index contributed by atoms with van der Waals surface area (Å²) in [7, 11) is 0.330. The van der Waals surface area contributed by atoms with E-state index in [2.05, 4.69) is 34.2 Å². The third-order valence-corrected chi connectivity index (χ3v) is 5.64. The van der Waals surface area contributed by atoms with Crippen LogP contribution in [0, 0.1) is 0 Å². The Morgan fingerprint density at radius 2 is 2.07 bits per heavy atom. The SMILES string of the molecule is CCOC(=O)/C(=C/c1cn(C(C[Si](C)(C)C)OC)c2ccccc12)N=[N+]=[N-]. The molecule has 0 fully saturated rings. The molecule has 7 nitrogen and oxygen atoms in total. The van der Waals surface area contributed by atoms with E-state index in [1.807, 2.05) is 30.5 Å². The fourth-order valence-electron chi connectivity index (χ4n) is 2.93. The number of nitrogens with zero attached hydrogens (tertiary/aromatic N) is 4. The van der Waals surface area contributed by atoms with Gasteiger partial charge in [-0.25, -0.2) is 4.79 Å². The van der Waals surface area contributed by atoms with Gasteiger partial charge >= 0.3 is 5.97 Å². The van der Waals surface area contributed by atoms with Crippen molar-refractivity contribution in [3.8, 4) is 0 Å². The Hall–Kier alpha value is -2.54. The first-order valence-corrected chi connectivity index (χ1v) is 12.6. The Balaban J connectivity index is 2.60. The van der Waals surface area contributed by atoms with E-state index in [9.17, 15) is 4.79 Å². The number of esters is 1. The monoisotopic (exact) mass is 386 g/mol. The first-order chi connectivity index (χ1) is 12.8. The summed E-state index contributed by atoms with van der Waals surface area (Å²) >= 11 is 0. The van der Waals surface area contributed by atoms with E-state index < -0.39 is 14.0 Å². The lowest BCUT2D eigenvalue weighted by Gasteiger charge is -2.25. The maximum Gasteiger partial charge on any atom is 0.340 e. The summed E-state index contributed by atoms with van der Waals surface area (Å²) in [5.41, 5.74) is 10.5. The predicted octanol–water partition coefficient (Wildman–Crippen LogP) is 5.34. The number of rotatable bonds is 8. The smallest absolute Gasteiger partial charge is 0.340 e. The topological polar surface area (TPSA) is 89.2 Å². The van der Waals surface area contributed by atoms with Crippen LogP contribution in [0.4, 0.5) is 0 Å². The van der Waals surface area contributed by atoms with Crippen LogP contribution in [0.15, 0.2) is 41.3 Å². The van der Waals surface area contributed by atoms with E-state index in [1.54, 1.807) is 20.1 Å². The average molecular weight is 387 g/mol. The zero-order valence-electron chi connectivity index (χ0n) is 16.5. The van der Waals surface area contributed by atoms with Crippen LogP contribution in [0.5, 0.6) is 0 Å². The number of carbonyl (C=O) groups excluding carboxylic acids is 1. The van der Waals surface area contributed by atoms with Gasteiger partial charge in [0.05, 0.1) is 12.1 Å². The van der Waals surface area contributed by atoms with Crippen molar-refractivity contribution in [3.63, 3.8) is 0 Å². The number of azide groups is 1. The molecule has 144 valence electrons. The lowest BCUT2D eigenvalue weighted by Crippen LogP contribution is -2.26. The maximum atomic E-state index is 12.1. The molecule has 1 atom stereocenters. The van der Waals surface area contributed by atoms with Crippen LogP contribution >= 0.6 is 0 Å². The summed E-state index contributed by atoms with van der Waals surface area (Å²) in [6.07, 6.45) is 3.40. The highest BCUT2D eigenvalue weighted by Gasteiger charge is 2.23. The maximum absolute atomic E-state index is 12.1. The van der Waals surface area contributed by atoms with Gasteiger partial charge in [0.15, 0.2) is 0 Å². The highest BCUT2D eigenvalue weighted by molar-refractivity contribution is 6.76. The number of ether oxygens (including phenoxy) is 2. The number of para-hydroxylation sites is 1. The van der Waals surface area contributed by atoms with Crippen molar-refractivity contribution in [3.05, 3.63) is 52.2 Å². The zero-order valence-corrected chi connectivity index (χ0v) is 17.5. The number of benzene rings is 1. The molecule has 0 bridgehead atoms. The molecule has 0 aliphatic rings. The van der Waals surface area contributed by atoms with Gasteiger partial charge in [-0.2, -0.15) is 0 Å². The van der Waals surface area contributed by atoms with Crippen LogP contribution in [0.3, 0.4) is 0 Å².